The fourth-order valence-corrected chi connectivity index (χ4v) is 4.62. The van der Waals surface area contributed by atoms with E-state index in [2.05, 4.69) is 6.07 Å². The summed E-state index contributed by atoms with van der Waals surface area (Å²) >= 11 is 0. The van der Waals surface area contributed by atoms with E-state index in [1.165, 1.54) is 5.56 Å². The molecule has 1 aliphatic rings. The van der Waals surface area contributed by atoms with Crippen molar-refractivity contribution in [3.63, 3.8) is 0 Å². The molecule has 1 amide bonds. The fourth-order valence-electron chi connectivity index (χ4n) is 3.19. The Morgan fingerprint density at radius 2 is 1.72 bits per heavy atom. The van der Waals surface area contributed by atoms with E-state index in [1.54, 1.807) is 4.90 Å². The summed E-state index contributed by atoms with van der Waals surface area (Å²) in [6.07, 6.45) is 0.883. The Kier molecular flexibility index (Phi) is 5.23. The van der Waals surface area contributed by atoms with Crippen LogP contribution in [-0.4, -0.2) is 31.5 Å². The van der Waals surface area contributed by atoms with Gasteiger partial charge in [0.15, 0.2) is 9.84 Å². The molecule has 0 aliphatic carbocycles. The first-order valence-electron chi connectivity index (χ1n) is 8.54. The molecule has 1 aliphatic heterocycles. The van der Waals surface area contributed by atoms with Gasteiger partial charge in [-0.25, -0.2) is 8.42 Å². The van der Waals surface area contributed by atoms with Crippen LogP contribution in [-0.2, 0) is 33.4 Å². The van der Waals surface area contributed by atoms with Crippen LogP contribution < -0.4 is 0 Å². The Morgan fingerprint density at radius 1 is 1.04 bits per heavy atom. The van der Waals surface area contributed by atoms with Gasteiger partial charge in [-0.2, -0.15) is 0 Å². The molecule has 0 bridgehead atoms. The zero-order valence-corrected chi connectivity index (χ0v) is 15.3. The second kappa shape index (κ2) is 7.40. The van der Waals surface area contributed by atoms with Crippen molar-refractivity contribution in [3.8, 4) is 0 Å². The summed E-state index contributed by atoms with van der Waals surface area (Å²) in [5, 5.41) is 0. The summed E-state index contributed by atoms with van der Waals surface area (Å²) in [7, 11) is -3.30. The smallest absolute Gasteiger partial charge is 0.223 e. The van der Waals surface area contributed by atoms with Gasteiger partial charge in [0.25, 0.3) is 0 Å². The average molecular weight is 357 g/mol. The minimum atomic E-state index is -3.30. The van der Waals surface area contributed by atoms with Crippen molar-refractivity contribution in [1.82, 2.24) is 4.90 Å². The Morgan fingerprint density at radius 3 is 2.48 bits per heavy atom. The van der Waals surface area contributed by atoms with E-state index in [0.29, 0.717) is 13.1 Å². The maximum atomic E-state index is 12.4. The lowest BCUT2D eigenvalue weighted by Gasteiger charge is -2.29. The van der Waals surface area contributed by atoms with E-state index < -0.39 is 9.84 Å². The second-order valence-electron chi connectivity index (χ2n) is 6.60. The molecule has 0 fully saturated rings. The molecule has 2 aromatic rings. The lowest BCUT2D eigenvalue weighted by molar-refractivity contribution is -0.131. The van der Waals surface area contributed by atoms with Crippen molar-refractivity contribution in [2.24, 2.45) is 0 Å². The highest BCUT2D eigenvalue weighted by atomic mass is 32.2. The van der Waals surface area contributed by atoms with Gasteiger partial charge in [0.2, 0.25) is 5.91 Å². The third kappa shape index (κ3) is 4.48. The van der Waals surface area contributed by atoms with Crippen LogP contribution in [0.1, 0.15) is 28.7 Å². The molecular formula is C20H23NO3S. The van der Waals surface area contributed by atoms with Gasteiger partial charge in [-0.3, -0.25) is 4.79 Å². The van der Waals surface area contributed by atoms with E-state index in [1.807, 2.05) is 49.4 Å². The van der Waals surface area contributed by atoms with Crippen molar-refractivity contribution >= 4 is 15.7 Å². The molecule has 132 valence electrons. The van der Waals surface area contributed by atoms with Crippen LogP contribution in [0, 0.1) is 6.92 Å². The van der Waals surface area contributed by atoms with Gasteiger partial charge in [-0.1, -0.05) is 48.5 Å². The maximum absolute atomic E-state index is 12.4. The van der Waals surface area contributed by atoms with Crippen molar-refractivity contribution in [1.29, 1.82) is 0 Å². The number of fused-ring (bicyclic) bond motifs is 1. The number of amides is 1. The zero-order chi connectivity index (χ0) is 17.9. The molecule has 0 aromatic heterocycles. The lowest BCUT2D eigenvalue weighted by atomic mass is 10.00. The van der Waals surface area contributed by atoms with E-state index in [-0.39, 0.29) is 23.8 Å². The molecule has 4 nitrogen and oxygen atoms in total. The zero-order valence-electron chi connectivity index (χ0n) is 14.4. The first-order valence-corrected chi connectivity index (χ1v) is 10.4. The van der Waals surface area contributed by atoms with Crippen molar-refractivity contribution < 1.29 is 13.2 Å². The summed E-state index contributed by atoms with van der Waals surface area (Å²) in [4.78, 5) is 14.2. The molecular weight excluding hydrogens is 334 g/mol. The molecule has 0 atom stereocenters. The topological polar surface area (TPSA) is 54.5 Å². The highest BCUT2D eigenvalue weighted by Gasteiger charge is 2.22. The SMILES string of the molecule is Cc1ccccc1CS(=O)(=O)CCC(=O)N1CCc2ccccc2C1. The van der Waals surface area contributed by atoms with Crippen LogP contribution in [0.2, 0.25) is 0 Å². The Bertz CT molecular complexity index is 874. The van der Waals surface area contributed by atoms with Crippen LogP contribution in [0.15, 0.2) is 48.5 Å². The standard InChI is InChI=1S/C20H23NO3S/c1-16-6-2-3-9-19(16)15-25(23,24)13-11-20(22)21-12-10-17-7-4-5-8-18(17)14-21/h2-9H,10-15H2,1H3. The van der Waals surface area contributed by atoms with Crippen LogP contribution >= 0.6 is 0 Å². The molecule has 0 spiro atoms. The number of carbonyl (C=O) groups excluding carboxylic acids is 1. The number of rotatable bonds is 5. The predicted molar refractivity (Wildman–Crippen MR) is 98.8 cm³/mol. The third-order valence-electron chi connectivity index (χ3n) is 4.75. The van der Waals surface area contributed by atoms with Crippen molar-refractivity contribution in [3.05, 3.63) is 70.8 Å². The van der Waals surface area contributed by atoms with E-state index >= 15 is 0 Å². The highest BCUT2D eigenvalue weighted by Crippen LogP contribution is 2.19. The summed E-state index contributed by atoms with van der Waals surface area (Å²) in [6, 6.07) is 15.6. The Labute approximate surface area is 149 Å². The van der Waals surface area contributed by atoms with Gasteiger partial charge in [0.05, 0.1) is 11.5 Å². The minimum absolute atomic E-state index is 0.00418. The second-order valence-corrected chi connectivity index (χ2v) is 8.79. The van der Waals surface area contributed by atoms with E-state index in [9.17, 15) is 13.2 Å². The van der Waals surface area contributed by atoms with E-state index in [0.717, 1.165) is 23.1 Å². The molecule has 0 saturated carbocycles. The van der Waals surface area contributed by atoms with Gasteiger partial charge >= 0.3 is 0 Å². The Hall–Kier alpha value is -2.14. The average Bonchev–Trinajstić information content (AvgIpc) is 2.61. The van der Waals surface area contributed by atoms with E-state index in [4.69, 9.17) is 0 Å². The quantitative estimate of drug-likeness (QED) is 0.827. The minimum Gasteiger partial charge on any atom is -0.338 e. The molecule has 0 unspecified atom stereocenters. The van der Waals surface area contributed by atoms with Gasteiger partial charge in [0.1, 0.15) is 0 Å². The predicted octanol–water partition coefficient (Wildman–Crippen LogP) is 2.88. The summed E-state index contributed by atoms with van der Waals surface area (Å²) in [5.74, 6) is -0.184. The first kappa shape index (κ1) is 17.7. The fraction of sp³-hybridized carbons (Fsp3) is 0.350. The van der Waals surface area contributed by atoms with Crippen LogP contribution in [0.5, 0.6) is 0 Å². The molecule has 5 heteroatoms. The largest absolute Gasteiger partial charge is 0.338 e. The molecule has 25 heavy (non-hydrogen) atoms. The summed E-state index contributed by atoms with van der Waals surface area (Å²) < 4.78 is 24.7. The molecule has 3 rings (SSSR count). The molecule has 1 heterocycles. The number of sulfone groups is 1. The monoisotopic (exact) mass is 357 g/mol. The Balaban J connectivity index is 1.58. The summed E-state index contributed by atoms with van der Waals surface area (Å²) in [5.41, 5.74) is 4.20. The molecule has 2 aromatic carbocycles. The number of aryl methyl sites for hydroxylation is 1. The van der Waals surface area contributed by atoms with Gasteiger partial charge in [-0.05, 0) is 35.6 Å². The van der Waals surface area contributed by atoms with Crippen molar-refractivity contribution in [2.75, 3.05) is 12.3 Å². The molecule has 0 saturated heterocycles. The maximum Gasteiger partial charge on any atom is 0.223 e. The molecule has 0 N–H and O–H groups in total. The van der Waals surface area contributed by atoms with Crippen molar-refractivity contribution in [2.45, 2.75) is 32.1 Å². The normalized spacial score (nSPS) is 14.2. The first-order chi connectivity index (χ1) is 11.9. The summed E-state index contributed by atoms with van der Waals surface area (Å²) in [6.45, 7) is 3.14. The highest BCUT2D eigenvalue weighted by molar-refractivity contribution is 7.90. The van der Waals surface area contributed by atoms with Crippen LogP contribution in [0.3, 0.4) is 0 Å². The van der Waals surface area contributed by atoms with Gasteiger partial charge < -0.3 is 4.90 Å². The third-order valence-corrected chi connectivity index (χ3v) is 6.32. The van der Waals surface area contributed by atoms with Gasteiger partial charge in [0, 0.05) is 19.5 Å². The number of nitrogens with zero attached hydrogens (tertiary/aromatic N) is 1. The number of hydrogen-bond donors (Lipinski definition) is 0. The number of benzene rings is 2. The molecule has 0 radical (unpaired) electrons. The van der Waals surface area contributed by atoms with Gasteiger partial charge in [-0.15, -0.1) is 0 Å². The van der Waals surface area contributed by atoms with Crippen LogP contribution in [0.25, 0.3) is 0 Å². The number of carbonyl (C=O) groups is 1. The number of hydrogen-bond acceptors (Lipinski definition) is 3. The lowest BCUT2D eigenvalue weighted by Crippen LogP contribution is -2.36. The van der Waals surface area contributed by atoms with Crippen LogP contribution in [0.4, 0.5) is 0 Å².